The Morgan fingerprint density at radius 2 is 1.89 bits per heavy atom. The second-order valence-electron chi connectivity index (χ2n) is 5.09. The maximum atomic E-state index is 11.6. The maximum Gasteiger partial charge on any atom is 0.220 e. The quantitative estimate of drug-likeness (QED) is 0.817. The summed E-state index contributed by atoms with van der Waals surface area (Å²) in [6.07, 6.45) is 1.73. The molecule has 0 spiro atoms. The number of likely N-dealkylation sites (tertiary alicyclic amines) is 1. The number of Topliss-reactive ketones (excluding diaryl/α,β-unsaturated/α-hetero) is 1. The Bertz CT molecular complexity index is 419. The number of carbonyl (C=O) groups excluding carboxylic acids is 2. The lowest BCUT2D eigenvalue weighted by molar-refractivity contribution is -0.135. The number of benzene rings is 1. The van der Waals surface area contributed by atoms with Crippen molar-refractivity contribution in [3.63, 3.8) is 0 Å². The van der Waals surface area contributed by atoms with Gasteiger partial charge in [-0.05, 0) is 31.2 Å². The zero-order chi connectivity index (χ0) is 13.1. The van der Waals surface area contributed by atoms with Gasteiger partial charge in [0.1, 0.15) is 0 Å². The van der Waals surface area contributed by atoms with Crippen LogP contribution in [-0.4, -0.2) is 29.2 Å². The van der Waals surface area contributed by atoms with Crippen LogP contribution in [0.5, 0.6) is 0 Å². The van der Waals surface area contributed by atoms with Crippen LogP contribution in [0.15, 0.2) is 30.3 Å². The summed E-state index contributed by atoms with van der Waals surface area (Å²) in [5.74, 6) is 0.497. The average molecular weight is 245 g/mol. The third-order valence-corrected chi connectivity index (χ3v) is 3.63. The standard InChI is InChI=1S/C15H19NO2/c1-11(17)15-9-14(10-16(15)12(2)18)8-13-6-4-3-5-7-13/h3-7,14-15H,8-10H2,1-2H3/t14?,15-/m0/s1. The third-order valence-electron chi connectivity index (χ3n) is 3.63. The number of rotatable bonds is 3. The first kappa shape index (κ1) is 12.8. The van der Waals surface area contributed by atoms with Gasteiger partial charge in [-0.3, -0.25) is 9.59 Å². The monoisotopic (exact) mass is 245 g/mol. The molecule has 18 heavy (non-hydrogen) atoms. The molecule has 1 aromatic carbocycles. The van der Waals surface area contributed by atoms with E-state index < -0.39 is 0 Å². The smallest absolute Gasteiger partial charge is 0.220 e. The van der Waals surface area contributed by atoms with Gasteiger partial charge in [0.15, 0.2) is 5.78 Å². The van der Waals surface area contributed by atoms with Gasteiger partial charge in [0.25, 0.3) is 0 Å². The van der Waals surface area contributed by atoms with Crippen LogP contribution in [-0.2, 0) is 16.0 Å². The molecule has 1 aromatic rings. The molecule has 0 radical (unpaired) electrons. The van der Waals surface area contributed by atoms with Gasteiger partial charge in [-0.1, -0.05) is 30.3 Å². The second-order valence-corrected chi connectivity index (χ2v) is 5.09. The predicted octanol–water partition coefficient (Wildman–Crippen LogP) is 2.06. The Kier molecular flexibility index (Phi) is 3.80. The van der Waals surface area contributed by atoms with Crippen LogP contribution in [0, 0.1) is 5.92 Å². The van der Waals surface area contributed by atoms with Gasteiger partial charge in [-0.25, -0.2) is 0 Å². The minimum Gasteiger partial charge on any atom is -0.333 e. The molecule has 1 aliphatic heterocycles. The summed E-state index contributed by atoms with van der Waals surface area (Å²) in [4.78, 5) is 24.8. The zero-order valence-corrected chi connectivity index (χ0v) is 10.9. The van der Waals surface area contributed by atoms with Crippen molar-refractivity contribution in [2.45, 2.75) is 32.7 Å². The van der Waals surface area contributed by atoms with Crippen LogP contribution in [0.25, 0.3) is 0 Å². The van der Waals surface area contributed by atoms with Crippen LogP contribution in [0.1, 0.15) is 25.8 Å². The van der Waals surface area contributed by atoms with E-state index in [0.29, 0.717) is 12.5 Å². The van der Waals surface area contributed by atoms with E-state index in [-0.39, 0.29) is 17.7 Å². The highest BCUT2D eigenvalue weighted by Crippen LogP contribution is 2.27. The molecule has 96 valence electrons. The Morgan fingerprint density at radius 3 is 2.39 bits per heavy atom. The second kappa shape index (κ2) is 5.34. The zero-order valence-electron chi connectivity index (χ0n) is 10.9. The van der Waals surface area contributed by atoms with Gasteiger partial charge in [-0.2, -0.15) is 0 Å². The van der Waals surface area contributed by atoms with Crippen LogP contribution >= 0.6 is 0 Å². The molecule has 3 heteroatoms. The fourth-order valence-corrected chi connectivity index (χ4v) is 2.75. The van der Waals surface area contributed by atoms with E-state index in [0.717, 1.165) is 12.8 Å². The lowest BCUT2D eigenvalue weighted by Gasteiger charge is -2.20. The molecule has 1 amide bonds. The predicted molar refractivity (Wildman–Crippen MR) is 70.1 cm³/mol. The SMILES string of the molecule is CC(=O)[C@@H]1CC(Cc2ccccc2)CN1C(C)=O. The molecule has 2 rings (SSSR count). The first-order valence-corrected chi connectivity index (χ1v) is 6.39. The van der Waals surface area contributed by atoms with E-state index in [2.05, 4.69) is 12.1 Å². The molecule has 0 bridgehead atoms. The molecule has 1 fully saturated rings. The molecule has 1 heterocycles. The van der Waals surface area contributed by atoms with Gasteiger partial charge in [0.05, 0.1) is 6.04 Å². The van der Waals surface area contributed by atoms with Crippen molar-refractivity contribution in [2.75, 3.05) is 6.54 Å². The van der Waals surface area contributed by atoms with E-state index in [4.69, 9.17) is 0 Å². The summed E-state index contributed by atoms with van der Waals surface area (Å²) in [5, 5.41) is 0. The Labute approximate surface area is 108 Å². The molecule has 1 unspecified atom stereocenters. The number of ketones is 1. The molecule has 0 saturated carbocycles. The van der Waals surface area contributed by atoms with Gasteiger partial charge in [-0.15, -0.1) is 0 Å². The summed E-state index contributed by atoms with van der Waals surface area (Å²) in [6.45, 7) is 3.82. The largest absolute Gasteiger partial charge is 0.333 e. The average Bonchev–Trinajstić information content (AvgIpc) is 2.74. The Morgan fingerprint density at radius 1 is 1.22 bits per heavy atom. The summed E-state index contributed by atoms with van der Waals surface area (Å²) in [6, 6.07) is 10.0. The fraction of sp³-hybridized carbons (Fsp3) is 0.467. The molecule has 1 saturated heterocycles. The highest BCUT2D eigenvalue weighted by molar-refractivity contribution is 5.87. The Balaban J connectivity index is 2.05. The first-order valence-electron chi connectivity index (χ1n) is 6.39. The lowest BCUT2D eigenvalue weighted by atomic mass is 9.96. The van der Waals surface area contributed by atoms with Crippen molar-refractivity contribution in [1.29, 1.82) is 0 Å². The fourth-order valence-electron chi connectivity index (χ4n) is 2.75. The molecular weight excluding hydrogens is 226 g/mol. The van der Waals surface area contributed by atoms with Gasteiger partial charge in [0, 0.05) is 13.5 Å². The maximum absolute atomic E-state index is 11.6. The minimum absolute atomic E-state index is 0.00533. The number of amides is 1. The van der Waals surface area contributed by atoms with Crippen molar-refractivity contribution >= 4 is 11.7 Å². The number of carbonyl (C=O) groups is 2. The number of hydrogen-bond acceptors (Lipinski definition) is 2. The van der Waals surface area contributed by atoms with Crippen molar-refractivity contribution < 1.29 is 9.59 Å². The van der Waals surface area contributed by atoms with Crippen molar-refractivity contribution in [1.82, 2.24) is 4.90 Å². The van der Waals surface area contributed by atoms with Crippen LogP contribution in [0.4, 0.5) is 0 Å². The number of hydrogen-bond donors (Lipinski definition) is 0. The van der Waals surface area contributed by atoms with Crippen LogP contribution < -0.4 is 0 Å². The van der Waals surface area contributed by atoms with Crippen molar-refractivity contribution in [3.8, 4) is 0 Å². The van der Waals surface area contributed by atoms with E-state index >= 15 is 0 Å². The third kappa shape index (κ3) is 2.78. The molecule has 0 N–H and O–H groups in total. The Hall–Kier alpha value is -1.64. The molecule has 1 aliphatic rings. The van der Waals surface area contributed by atoms with E-state index in [9.17, 15) is 9.59 Å². The highest BCUT2D eigenvalue weighted by Gasteiger charge is 2.36. The first-order chi connectivity index (χ1) is 8.58. The lowest BCUT2D eigenvalue weighted by Crippen LogP contribution is -2.38. The normalized spacial score (nSPS) is 23.1. The topological polar surface area (TPSA) is 37.4 Å². The molecular formula is C15H19NO2. The summed E-state index contributed by atoms with van der Waals surface area (Å²) >= 11 is 0. The van der Waals surface area contributed by atoms with Crippen LogP contribution in [0.3, 0.4) is 0 Å². The molecule has 2 atom stereocenters. The van der Waals surface area contributed by atoms with Crippen molar-refractivity contribution in [2.24, 2.45) is 5.92 Å². The minimum atomic E-state index is -0.212. The van der Waals surface area contributed by atoms with E-state index in [1.54, 1.807) is 18.7 Å². The summed E-state index contributed by atoms with van der Waals surface area (Å²) < 4.78 is 0. The summed E-state index contributed by atoms with van der Waals surface area (Å²) in [7, 11) is 0. The van der Waals surface area contributed by atoms with Gasteiger partial charge >= 0.3 is 0 Å². The molecule has 3 nitrogen and oxygen atoms in total. The van der Waals surface area contributed by atoms with E-state index in [1.165, 1.54) is 5.56 Å². The molecule has 0 aliphatic carbocycles. The highest BCUT2D eigenvalue weighted by atomic mass is 16.2. The van der Waals surface area contributed by atoms with Gasteiger partial charge in [0.2, 0.25) is 5.91 Å². The number of nitrogens with zero attached hydrogens (tertiary/aromatic N) is 1. The van der Waals surface area contributed by atoms with E-state index in [1.807, 2.05) is 18.2 Å². The van der Waals surface area contributed by atoms with Gasteiger partial charge < -0.3 is 4.90 Å². The molecule has 0 aromatic heterocycles. The van der Waals surface area contributed by atoms with Crippen molar-refractivity contribution in [3.05, 3.63) is 35.9 Å². The summed E-state index contributed by atoms with van der Waals surface area (Å²) in [5.41, 5.74) is 1.27. The van der Waals surface area contributed by atoms with Crippen LogP contribution in [0.2, 0.25) is 0 Å².